The maximum Gasteiger partial charge on any atom is 0.253 e. The van der Waals surface area contributed by atoms with Gasteiger partial charge in [0.1, 0.15) is 0 Å². The lowest BCUT2D eigenvalue weighted by atomic mass is 10.1. The predicted molar refractivity (Wildman–Crippen MR) is 131 cm³/mol. The molecule has 31 heavy (non-hydrogen) atoms. The van der Waals surface area contributed by atoms with E-state index in [-0.39, 0.29) is 17.9 Å². The molecule has 0 aromatic heterocycles. The molecular formula is C26H43N3O2. The Morgan fingerprint density at radius 2 is 1.55 bits per heavy atom. The van der Waals surface area contributed by atoms with Gasteiger partial charge in [0.15, 0.2) is 0 Å². The zero-order valence-electron chi connectivity index (χ0n) is 20.0. The Morgan fingerprint density at radius 3 is 2.16 bits per heavy atom. The van der Waals surface area contributed by atoms with E-state index in [9.17, 15) is 9.59 Å². The fourth-order valence-corrected chi connectivity index (χ4v) is 4.19. The van der Waals surface area contributed by atoms with E-state index in [1.807, 2.05) is 32.0 Å². The molecule has 0 atom stereocenters. The molecule has 2 N–H and O–H groups in total. The summed E-state index contributed by atoms with van der Waals surface area (Å²) in [6.45, 7) is 8.13. The second kappa shape index (κ2) is 14.1. The smallest absolute Gasteiger partial charge is 0.253 e. The molecule has 0 bridgehead atoms. The average molecular weight is 430 g/mol. The quantitative estimate of drug-likeness (QED) is 0.342. The normalized spacial score (nSPS) is 13.6. The molecule has 5 heteroatoms. The Balaban J connectivity index is 1.82. The van der Waals surface area contributed by atoms with Crippen molar-refractivity contribution in [2.24, 2.45) is 0 Å². The number of benzene rings is 1. The van der Waals surface area contributed by atoms with Crippen molar-refractivity contribution >= 4 is 23.2 Å². The lowest BCUT2D eigenvalue weighted by Crippen LogP contribution is -2.32. The van der Waals surface area contributed by atoms with E-state index in [0.29, 0.717) is 17.7 Å². The molecule has 0 radical (unpaired) electrons. The van der Waals surface area contributed by atoms with E-state index in [1.54, 1.807) is 0 Å². The van der Waals surface area contributed by atoms with Gasteiger partial charge < -0.3 is 15.5 Å². The van der Waals surface area contributed by atoms with Crippen molar-refractivity contribution in [3.8, 4) is 0 Å². The Morgan fingerprint density at radius 1 is 0.935 bits per heavy atom. The van der Waals surface area contributed by atoms with Gasteiger partial charge in [-0.25, -0.2) is 0 Å². The van der Waals surface area contributed by atoms with Crippen molar-refractivity contribution in [3.05, 3.63) is 23.8 Å². The number of anilines is 2. The first-order valence-electron chi connectivity index (χ1n) is 12.5. The molecule has 2 rings (SSSR count). The molecule has 0 spiro atoms. The third kappa shape index (κ3) is 9.32. The van der Waals surface area contributed by atoms with Crippen LogP contribution < -0.4 is 15.5 Å². The number of amides is 2. The first-order valence-corrected chi connectivity index (χ1v) is 12.5. The van der Waals surface area contributed by atoms with Gasteiger partial charge in [0, 0.05) is 36.9 Å². The van der Waals surface area contributed by atoms with Crippen molar-refractivity contribution in [3.63, 3.8) is 0 Å². The summed E-state index contributed by atoms with van der Waals surface area (Å²) < 4.78 is 0. The average Bonchev–Trinajstić information content (AvgIpc) is 3.26. The van der Waals surface area contributed by atoms with Crippen molar-refractivity contribution < 1.29 is 9.59 Å². The number of hydrogen-bond donors (Lipinski definition) is 2. The van der Waals surface area contributed by atoms with Crippen molar-refractivity contribution in [2.45, 2.75) is 104 Å². The van der Waals surface area contributed by atoms with Crippen LogP contribution in [0.4, 0.5) is 11.4 Å². The molecule has 1 fully saturated rings. The Labute approximate surface area is 189 Å². The molecule has 0 aliphatic carbocycles. The summed E-state index contributed by atoms with van der Waals surface area (Å²) in [5.74, 6) is -0.0426. The number of rotatable bonds is 14. The molecule has 1 saturated heterocycles. The fraction of sp³-hybridized carbons (Fsp3) is 0.692. The summed E-state index contributed by atoms with van der Waals surface area (Å²) in [5, 5.41) is 5.99. The first-order chi connectivity index (χ1) is 15.0. The molecule has 0 unspecified atom stereocenters. The highest BCUT2D eigenvalue weighted by Gasteiger charge is 2.20. The highest BCUT2D eigenvalue weighted by molar-refractivity contribution is 6.02. The molecule has 1 heterocycles. The van der Waals surface area contributed by atoms with Crippen LogP contribution in [0, 0.1) is 0 Å². The van der Waals surface area contributed by atoms with Crippen LogP contribution in [0.1, 0.15) is 108 Å². The van der Waals surface area contributed by atoms with E-state index in [2.05, 4.69) is 22.5 Å². The second-order valence-corrected chi connectivity index (χ2v) is 9.18. The number of carbonyl (C=O) groups excluding carboxylic acids is 2. The van der Waals surface area contributed by atoms with Crippen molar-refractivity contribution in [1.29, 1.82) is 0 Å². The van der Waals surface area contributed by atoms with Crippen LogP contribution in [0.15, 0.2) is 18.2 Å². The number of hydrogen-bond acceptors (Lipinski definition) is 3. The van der Waals surface area contributed by atoms with E-state index < -0.39 is 0 Å². The number of nitrogens with one attached hydrogen (secondary N) is 2. The number of carbonyl (C=O) groups is 2. The zero-order chi connectivity index (χ0) is 22.5. The van der Waals surface area contributed by atoms with E-state index in [0.717, 1.165) is 44.5 Å². The van der Waals surface area contributed by atoms with Gasteiger partial charge in [-0.1, -0.05) is 58.3 Å². The van der Waals surface area contributed by atoms with Gasteiger partial charge in [-0.3, -0.25) is 9.59 Å². The maximum atomic E-state index is 12.8. The summed E-state index contributed by atoms with van der Waals surface area (Å²) in [4.78, 5) is 27.4. The van der Waals surface area contributed by atoms with Gasteiger partial charge in [0.2, 0.25) is 5.91 Å². The molecule has 1 aliphatic heterocycles. The van der Waals surface area contributed by atoms with E-state index >= 15 is 0 Å². The van der Waals surface area contributed by atoms with Gasteiger partial charge in [-0.15, -0.1) is 0 Å². The third-order valence-electron chi connectivity index (χ3n) is 5.90. The minimum absolute atomic E-state index is 0.0343. The lowest BCUT2D eigenvalue weighted by Gasteiger charge is -2.22. The molecule has 5 nitrogen and oxygen atoms in total. The molecule has 1 aliphatic rings. The SMILES string of the molecule is CCCCCCCCCCCC(=O)Nc1ccc(N2CCCC2)c(C(=O)NC(C)C)c1. The Kier molecular flexibility index (Phi) is 11.5. The van der Waals surface area contributed by atoms with E-state index in [4.69, 9.17) is 0 Å². The minimum atomic E-state index is -0.0769. The predicted octanol–water partition coefficient (Wildman–Crippen LogP) is 6.28. The number of nitrogens with zero attached hydrogens (tertiary/aromatic N) is 1. The Hall–Kier alpha value is -2.04. The van der Waals surface area contributed by atoms with Crippen LogP contribution in [0.5, 0.6) is 0 Å². The van der Waals surface area contributed by atoms with Crippen LogP contribution in [0.2, 0.25) is 0 Å². The van der Waals surface area contributed by atoms with Crippen LogP contribution >= 0.6 is 0 Å². The topological polar surface area (TPSA) is 61.4 Å². The van der Waals surface area contributed by atoms with Crippen LogP contribution in [0.25, 0.3) is 0 Å². The van der Waals surface area contributed by atoms with Gasteiger partial charge in [0.05, 0.1) is 5.56 Å². The molecule has 0 saturated carbocycles. The van der Waals surface area contributed by atoms with Crippen molar-refractivity contribution in [2.75, 3.05) is 23.3 Å². The summed E-state index contributed by atoms with van der Waals surface area (Å²) in [6.07, 6.45) is 14.0. The standard InChI is InChI=1S/C26H43N3O2/c1-4-5-6-7-8-9-10-11-12-15-25(30)28-22-16-17-24(29-18-13-14-19-29)23(20-22)26(31)27-21(2)3/h16-17,20-21H,4-15,18-19H2,1-3H3,(H,27,31)(H,28,30). The highest BCUT2D eigenvalue weighted by atomic mass is 16.2. The van der Waals surface area contributed by atoms with Crippen molar-refractivity contribution in [1.82, 2.24) is 5.32 Å². The van der Waals surface area contributed by atoms with Gasteiger partial charge >= 0.3 is 0 Å². The molecule has 2 amide bonds. The Bertz CT molecular complexity index is 681. The summed E-state index contributed by atoms with van der Waals surface area (Å²) in [6, 6.07) is 5.81. The highest BCUT2D eigenvalue weighted by Crippen LogP contribution is 2.28. The maximum absolute atomic E-state index is 12.8. The van der Waals surface area contributed by atoms with E-state index in [1.165, 1.54) is 44.9 Å². The zero-order valence-corrected chi connectivity index (χ0v) is 20.0. The van der Waals surface area contributed by atoms with Gasteiger partial charge in [0.25, 0.3) is 5.91 Å². The van der Waals surface area contributed by atoms with Gasteiger partial charge in [-0.05, 0) is 51.3 Å². The van der Waals surface area contributed by atoms with Crippen LogP contribution in [0.3, 0.4) is 0 Å². The third-order valence-corrected chi connectivity index (χ3v) is 5.90. The fourth-order valence-electron chi connectivity index (χ4n) is 4.19. The second-order valence-electron chi connectivity index (χ2n) is 9.18. The molecule has 1 aromatic rings. The minimum Gasteiger partial charge on any atom is -0.371 e. The monoisotopic (exact) mass is 429 g/mol. The first kappa shape index (κ1) is 25.2. The molecule has 174 valence electrons. The summed E-state index contributed by atoms with van der Waals surface area (Å²) >= 11 is 0. The molecular weight excluding hydrogens is 386 g/mol. The largest absolute Gasteiger partial charge is 0.371 e. The van der Waals surface area contributed by atoms with Crippen LogP contribution in [-0.4, -0.2) is 30.9 Å². The number of unbranched alkanes of at least 4 members (excludes halogenated alkanes) is 8. The van der Waals surface area contributed by atoms with Crippen LogP contribution in [-0.2, 0) is 4.79 Å². The van der Waals surface area contributed by atoms with Gasteiger partial charge in [-0.2, -0.15) is 0 Å². The summed E-state index contributed by atoms with van der Waals surface area (Å²) in [5.41, 5.74) is 2.32. The summed E-state index contributed by atoms with van der Waals surface area (Å²) in [7, 11) is 0. The lowest BCUT2D eigenvalue weighted by molar-refractivity contribution is -0.116. The molecule has 1 aromatic carbocycles.